The van der Waals surface area contributed by atoms with Crippen molar-refractivity contribution in [2.24, 2.45) is 0 Å². The number of amides is 2. The van der Waals surface area contributed by atoms with Crippen molar-refractivity contribution < 1.29 is 40.2 Å². The molecule has 7 unspecified atom stereocenters. The zero-order valence-electron chi connectivity index (χ0n) is 17.1. The first kappa shape index (κ1) is 31.1. The Balaban J connectivity index is 3.32. The highest BCUT2D eigenvalue weighted by Crippen LogP contribution is 2.50. The van der Waals surface area contributed by atoms with Crippen molar-refractivity contribution in [3.05, 3.63) is 16.4 Å². The molecule has 10 nitrogen and oxygen atoms in total. The molecule has 0 heterocycles. The minimum absolute atomic E-state index is 0.222. The van der Waals surface area contributed by atoms with Gasteiger partial charge >= 0.3 is 0 Å². The smallest absolute Gasteiger partial charge is 0.221 e. The minimum atomic E-state index is -1.90. The Morgan fingerprint density at radius 3 is 1.97 bits per heavy atom. The Kier molecular flexibility index (Phi) is 13.1. The highest BCUT2D eigenvalue weighted by atomic mass is 127. The van der Waals surface area contributed by atoms with E-state index < -0.39 is 52.5 Å². The number of halogens is 4. The first-order chi connectivity index (χ1) is 14.7. The predicted octanol–water partition coefficient (Wildman–Crippen LogP) is 0.120. The summed E-state index contributed by atoms with van der Waals surface area (Å²) in [5, 5.41) is 65.9. The number of hydrogen-bond acceptors (Lipinski definition) is 8. The molecule has 1 aliphatic rings. The molecule has 0 aliphatic heterocycles. The molecule has 184 valence electrons. The highest BCUT2D eigenvalue weighted by molar-refractivity contribution is 14.1. The van der Waals surface area contributed by atoms with Crippen LogP contribution in [0.3, 0.4) is 0 Å². The highest BCUT2D eigenvalue weighted by Gasteiger charge is 2.50. The summed E-state index contributed by atoms with van der Waals surface area (Å²) in [5.41, 5.74) is -0.599. The number of aliphatic hydroxyl groups excluding tert-OH is 6. The van der Waals surface area contributed by atoms with Gasteiger partial charge in [0.25, 0.3) is 0 Å². The quantitative estimate of drug-likeness (QED) is 0.113. The van der Waals surface area contributed by atoms with E-state index in [1.807, 2.05) is 45.2 Å². The molecule has 0 aromatic carbocycles. The lowest BCUT2D eigenvalue weighted by Crippen LogP contribution is -2.60. The fourth-order valence-electron chi connectivity index (χ4n) is 3.24. The maximum absolute atomic E-state index is 12.1. The first-order valence-electron chi connectivity index (χ1n) is 9.38. The molecule has 8 N–H and O–H groups in total. The molecule has 0 spiro atoms. The van der Waals surface area contributed by atoms with Gasteiger partial charge in [0.15, 0.2) is 0 Å². The number of carbonyl (C=O) groups is 2. The van der Waals surface area contributed by atoms with Crippen LogP contribution in [0.25, 0.3) is 0 Å². The average molecular weight is 906 g/mol. The summed E-state index contributed by atoms with van der Waals surface area (Å²) >= 11 is 8.19. The van der Waals surface area contributed by atoms with Crippen molar-refractivity contribution >= 4 is 102 Å². The van der Waals surface area contributed by atoms with Crippen molar-refractivity contribution in [1.29, 1.82) is 0 Å². The molecular formula is C18H26I4N2O8. The SMILES string of the molecule is CC(=O)NC1=C(I)C(I)C(CC(O)C(O)C(O)C(O)C(O)CCO)(NC(C)=O)C(I)=C1I. The molecule has 2 amide bonds. The summed E-state index contributed by atoms with van der Waals surface area (Å²) in [4.78, 5) is 23.8. The van der Waals surface area contributed by atoms with E-state index in [0.717, 1.165) is 0 Å². The lowest BCUT2D eigenvalue weighted by atomic mass is 9.82. The maximum Gasteiger partial charge on any atom is 0.221 e. The molecule has 1 rings (SSSR count). The van der Waals surface area contributed by atoms with E-state index >= 15 is 0 Å². The van der Waals surface area contributed by atoms with E-state index in [1.165, 1.54) is 13.8 Å². The lowest BCUT2D eigenvalue weighted by molar-refractivity contribution is -0.139. The Morgan fingerprint density at radius 2 is 1.50 bits per heavy atom. The van der Waals surface area contributed by atoms with Crippen LogP contribution in [0.2, 0.25) is 0 Å². The van der Waals surface area contributed by atoms with E-state index in [-0.39, 0.29) is 18.7 Å². The fourth-order valence-corrected chi connectivity index (χ4v) is 8.17. The number of carbonyl (C=O) groups excluding carboxylic acids is 2. The van der Waals surface area contributed by atoms with Gasteiger partial charge in [0.2, 0.25) is 11.8 Å². The predicted molar refractivity (Wildman–Crippen MR) is 151 cm³/mol. The Labute approximate surface area is 240 Å². The summed E-state index contributed by atoms with van der Waals surface area (Å²) < 4.78 is 1.50. The summed E-state index contributed by atoms with van der Waals surface area (Å²) in [5.74, 6) is -0.657. The summed E-state index contributed by atoms with van der Waals surface area (Å²) in [6.45, 7) is 2.26. The zero-order chi connectivity index (χ0) is 25.0. The van der Waals surface area contributed by atoms with E-state index in [2.05, 4.69) is 55.8 Å². The molecule has 14 heteroatoms. The van der Waals surface area contributed by atoms with Crippen molar-refractivity contribution in [1.82, 2.24) is 10.6 Å². The van der Waals surface area contributed by atoms with Crippen LogP contribution < -0.4 is 10.6 Å². The molecule has 32 heavy (non-hydrogen) atoms. The van der Waals surface area contributed by atoms with E-state index in [0.29, 0.717) is 16.4 Å². The molecule has 0 aromatic heterocycles. The van der Waals surface area contributed by atoms with Gasteiger partial charge in [-0.2, -0.15) is 0 Å². The number of aliphatic hydroxyl groups is 6. The summed E-state index contributed by atoms with van der Waals surface area (Å²) in [6, 6.07) is 0. The molecule has 0 aromatic rings. The van der Waals surface area contributed by atoms with Crippen LogP contribution in [-0.2, 0) is 9.59 Å². The van der Waals surface area contributed by atoms with Crippen LogP contribution in [0.4, 0.5) is 0 Å². The van der Waals surface area contributed by atoms with Crippen LogP contribution in [0.1, 0.15) is 26.7 Å². The van der Waals surface area contributed by atoms with Gasteiger partial charge in [-0.15, -0.1) is 0 Å². The number of rotatable bonds is 10. The topological polar surface area (TPSA) is 180 Å². The monoisotopic (exact) mass is 906 g/mol. The van der Waals surface area contributed by atoms with Crippen molar-refractivity contribution in [3.63, 3.8) is 0 Å². The Bertz CT molecular complexity index is 780. The minimum Gasteiger partial charge on any atom is -0.396 e. The normalized spacial score (nSPS) is 26.3. The molecule has 0 saturated heterocycles. The van der Waals surface area contributed by atoms with Gasteiger partial charge in [-0.3, -0.25) is 9.59 Å². The van der Waals surface area contributed by atoms with E-state index in [4.69, 9.17) is 5.11 Å². The van der Waals surface area contributed by atoms with E-state index in [1.54, 1.807) is 0 Å². The van der Waals surface area contributed by atoms with Crippen LogP contribution >= 0.6 is 90.4 Å². The van der Waals surface area contributed by atoms with Crippen LogP contribution in [0.5, 0.6) is 0 Å². The maximum atomic E-state index is 12.1. The molecule has 1 aliphatic carbocycles. The third-order valence-corrected chi connectivity index (χ3v) is 12.5. The molecule has 0 radical (unpaired) electrons. The number of alkyl halides is 1. The van der Waals surface area contributed by atoms with Gasteiger partial charge in [-0.05, 0) is 74.2 Å². The number of nitrogens with one attached hydrogen (secondary N) is 2. The third-order valence-electron chi connectivity index (χ3n) is 4.84. The number of allylic oxidation sites excluding steroid dienone is 1. The standard InChI is InChI=1S/C18H26I4N2O8/c1-6(26)23-12-10(19)16(21)18(24-7(2)27,17(22)11(12)20)5-9(29)14(31)15(32)13(30)8(28)3-4-25/h8-9,13-16,25,28-32H,3-5H2,1-2H3,(H,23,26)(H,24,27). The molecular weight excluding hydrogens is 880 g/mol. The third kappa shape index (κ3) is 7.31. The molecule has 0 saturated carbocycles. The van der Waals surface area contributed by atoms with Gasteiger partial charge < -0.3 is 41.3 Å². The largest absolute Gasteiger partial charge is 0.396 e. The van der Waals surface area contributed by atoms with Gasteiger partial charge in [0.1, 0.15) is 18.3 Å². The van der Waals surface area contributed by atoms with E-state index in [9.17, 15) is 35.1 Å². The molecule has 0 fully saturated rings. The van der Waals surface area contributed by atoms with Gasteiger partial charge in [-0.1, -0.05) is 22.6 Å². The van der Waals surface area contributed by atoms with Crippen LogP contribution in [0, 0.1) is 0 Å². The molecule has 7 atom stereocenters. The number of hydrogen-bond donors (Lipinski definition) is 8. The zero-order valence-corrected chi connectivity index (χ0v) is 25.7. The van der Waals surface area contributed by atoms with Crippen LogP contribution in [-0.4, -0.2) is 89.0 Å². The second kappa shape index (κ2) is 13.4. The summed E-state index contributed by atoms with van der Waals surface area (Å²) in [7, 11) is 0. The summed E-state index contributed by atoms with van der Waals surface area (Å²) in [6.07, 6.45) is -9.11. The lowest BCUT2D eigenvalue weighted by Gasteiger charge is -2.45. The fraction of sp³-hybridized carbons (Fsp3) is 0.667. The Morgan fingerprint density at radius 1 is 0.969 bits per heavy atom. The van der Waals surface area contributed by atoms with Crippen molar-refractivity contribution in [2.45, 2.75) is 66.7 Å². The van der Waals surface area contributed by atoms with Crippen molar-refractivity contribution in [2.75, 3.05) is 6.61 Å². The molecule has 0 bridgehead atoms. The van der Waals surface area contributed by atoms with Gasteiger partial charge in [0.05, 0.1) is 27.4 Å². The van der Waals surface area contributed by atoms with Crippen molar-refractivity contribution in [3.8, 4) is 0 Å². The second-order valence-electron chi connectivity index (χ2n) is 7.37. The first-order valence-corrected chi connectivity index (χ1v) is 13.9. The average Bonchev–Trinajstić information content (AvgIpc) is 2.71. The van der Waals surface area contributed by atoms with Gasteiger partial charge in [-0.25, -0.2) is 0 Å². The van der Waals surface area contributed by atoms with Gasteiger partial charge in [0, 0.05) is 37.6 Å². The second-order valence-corrected chi connectivity index (χ2v) is 11.9. The van der Waals surface area contributed by atoms with Crippen LogP contribution in [0.15, 0.2) is 16.4 Å². The Hall–Kier alpha value is 1.10.